The first-order chi connectivity index (χ1) is 12.8. The molecule has 0 saturated carbocycles. The van der Waals surface area contributed by atoms with Crippen molar-refractivity contribution < 1.29 is 23.9 Å². The lowest BCUT2D eigenvalue weighted by Gasteiger charge is -2.23. The fraction of sp³-hybridized carbons (Fsp3) is 0.412. The SMILES string of the molecule is COC(=O)CCCNC(=S)NN1C(=O)N[C@@](C)(c2ccc(OC)cc2)C1=O. The highest BCUT2D eigenvalue weighted by atomic mass is 32.1. The molecule has 1 atom stereocenters. The van der Waals surface area contributed by atoms with E-state index in [2.05, 4.69) is 20.8 Å². The van der Waals surface area contributed by atoms with Crippen LogP contribution < -0.4 is 20.8 Å². The first-order valence-electron chi connectivity index (χ1n) is 8.24. The van der Waals surface area contributed by atoms with E-state index in [0.717, 1.165) is 5.01 Å². The molecule has 0 aliphatic carbocycles. The van der Waals surface area contributed by atoms with Gasteiger partial charge in [-0.1, -0.05) is 12.1 Å². The van der Waals surface area contributed by atoms with Crippen LogP contribution in [0.2, 0.25) is 0 Å². The van der Waals surface area contributed by atoms with Gasteiger partial charge >= 0.3 is 12.0 Å². The Morgan fingerprint density at radius 2 is 1.93 bits per heavy atom. The van der Waals surface area contributed by atoms with E-state index in [-0.39, 0.29) is 17.5 Å². The van der Waals surface area contributed by atoms with Gasteiger partial charge in [-0.05, 0) is 43.3 Å². The molecular formula is C17H22N4O5S. The molecule has 1 aliphatic rings. The van der Waals surface area contributed by atoms with Crippen LogP contribution in [-0.2, 0) is 19.9 Å². The zero-order chi connectivity index (χ0) is 20.0. The number of carbonyl (C=O) groups is 3. The summed E-state index contributed by atoms with van der Waals surface area (Å²) >= 11 is 5.10. The molecular weight excluding hydrogens is 372 g/mol. The molecule has 2 rings (SSSR count). The van der Waals surface area contributed by atoms with Gasteiger partial charge in [-0.2, -0.15) is 5.01 Å². The second-order valence-electron chi connectivity index (χ2n) is 5.97. The van der Waals surface area contributed by atoms with Gasteiger partial charge in [0.1, 0.15) is 11.3 Å². The Balaban J connectivity index is 1.96. The number of amides is 3. The summed E-state index contributed by atoms with van der Waals surface area (Å²) in [5.41, 5.74) is 1.97. The van der Waals surface area contributed by atoms with E-state index in [9.17, 15) is 14.4 Å². The lowest BCUT2D eigenvalue weighted by Crippen LogP contribution is -2.51. The summed E-state index contributed by atoms with van der Waals surface area (Å²) in [4.78, 5) is 36.1. The lowest BCUT2D eigenvalue weighted by atomic mass is 9.92. The average molecular weight is 394 g/mol. The number of hydrazine groups is 1. The van der Waals surface area contributed by atoms with E-state index >= 15 is 0 Å². The molecule has 3 amide bonds. The lowest BCUT2D eigenvalue weighted by molar-refractivity contribution is -0.140. The second kappa shape index (κ2) is 8.67. The van der Waals surface area contributed by atoms with Crippen molar-refractivity contribution in [2.75, 3.05) is 20.8 Å². The predicted octanol–water partition coefficient (Wildman–Crippen LogP) is 0.794. The van der Waals surface area contributed by atoms with Gasteiger partial charge in [-0.3, -0.25) is 15.0 Å². The number of benzene rings is 1. The van der Waals surface area contributed by atoms with E-state index in [1.54, 1.807) is 38.3 Å². The summed E-state index contributed by atoms with van der Waals surface area (Å²) < 4.78 is 9.65. The molecule has 27 heavy (non-hydrogen) atoms. The van der Waals surface area contributed by atoms with Crippen LogP contribution >= 0.6 is 12.2 Å². The number of thiocarbonyl (C=S) groups is 1. The number of rotatable bonds is 7. The quantitative estimate of drug-likeness (QED) is 0.270. The van der Waals surface area contributed by atoms with E-state index in [1.807, 2.05) is 0 Å². The molecule has 146 valence electrons. The zero-order valence-corrected chi connectivity index (χ0v) is 16.1. The van der Waals surface area contributed by atoms with Gasteiger partial charge in [-0.15, -0.1) is 0 Å². The van der Waals surface area contributed by atoms with Crippen LogP contribution in [-0.4, -0.2) is 48.8 Å². The Bertz CT molecular complexity index is 739. The highest BCUT2D eigenvalue weighted by molar-refractivity contribution is 7.80. The Kier molecular flexibility index (Phi) is 6.56. The predicted molar refractivity (Wildman–Crippen MR) is 101 cm³/mol. The van der Waals surface area contributed by atoms with Gasteiger partial charge in [0.25, 0.3) is 5.91 Å². The molecule has 0 bridgehead atoms. The maximum Gasteiger partial charge on any atom is 0.344 e. The smallest absolute Gasteiger partial charge is 0.344 e. The van der Waals surface area contributed by atoms with E-state index in [4.69, 9.17) is 17.0 Å². The second-order valence-corrected chi connectivity index (χ2v) is 6.38. The summed E-state index contributed by atoms with van der Waals surface area (Å²) in [5, 5.41) is 6.43. The molecule has 0 radical (unpaired) electrons. The number of hydrogen-bond acceptors (Lipinski definition) is 6. The summed E-state index contributed by atoms with van der Waals surface area (Å²) in [6.45, 7) is 2.00. The molecule has 1 aromatic carbocycles. The molecule has 1 aliphatic heterocycles. The van der Waals surface area contributed by atoms with Crippen LogP contribution in [0, 0.1) is 0 Å². The standard InChI is InChI=1S/C17H22N4O5S/c1-17(11-6-8-12(25-2)9-7-11)14(23)21(16(24)19-17)20-15(27)18-10-4-5-13(22)26-3/h6-9H,4-5,10H2,1-3H3,(H,19,24)(H2,18,20,27)/t17-/m0/s1. The van der Waals surface area contributed by atoms with E-state index in [1.165, 1.54) is 7.11 Å². The molecule has 1 aromatic rings. The third-order valence-corrected chi connectivity index (χ3v) is 4.38. The summed E-state index contributed by atoms with van der Waals surface area (Å²) in [7, 11) is 2.86. The molecule has 10 heteroatoms. The Morgan fingerprint density at radius 1 is 1.26 bits per heavy atom. The number of nitrogens with one attached hydrogen (secondary N) is 3. The molecule has 9 nitrogen and oxygen atoms in total. The molecule has 3 N–H and O–H groups in total. The van der Waals surface area contributed by atoms with Gasteiger partial charge in [0.2, 0.25) is 0 Å². The first-order valence-corrected chi connectivity index (χ1v) is 8.65. The fourth-order valence-corrected chi connectivity index (χ4v) is 2.73. The maximum atomic E-state index is 12.8. The van der Waals surface area contributed by atoms with Gasteiger partial charge in [0, 0.05) is 13.0 Å². The van der Waals surface area contributed by atoms with Crippen LogP contribution in [0.3, 0.4) is 0 Å². The molecule has 1 heterocycles. The molecule has 0 aromatic heterocycles. The number of nitrogens with zero attached hydrogens (tertiary/aromatic N) is 1. The third kappa shape index (κ3) is 4.64. The fourth-order valence-electron chi connectivity index (χ4n) is 2.54. The van der Waals surface area contributed by atoms with E-state index < -0.39 is 17.5 Å². The van der Waals surface area contributed by atoms with Crippen molar-refractivity contribution in [3.63, 3.8) is 0 Å². The molecule has 0 unspecified atom stereocenters. The van der Waals surface area contributed by atoms with Crippen LogP contribution in [0.15, 0.2) is 24.3 Å². The Hall–Kier alpha value is -2.88. The van der Waals surface area contributed by atoms with Gasteiger partial charge in [0.05, 0.1) is 14.2 Å². The normalized spacial score (nSPS) is 18.7. The number of urea groups is 1. The summed E-state index contributed by atoms with van der Waals surface area (Å²) in [6, 6.07) is 6.23. The largest absolute Gasteiger partial charge is 0.497 e. The Morgan fingerprint density at radius 3 is 2.52 bits per heavy atom. The summed E-state index contributed by atoms with van der Waals surface area (Å²) in [5.74, 6) is -0.164. The Labute approximate surface area is 162 Å². The van der Waals surface area contributed by atoms with Crippen molar-refractivity contribution in [3.8, 4) is 5.75 Å². The number of ether oxygens (including phenoxy) is 2. The van der Waals surface area contributed by atoms with Crippen LogP contribution in [0.4, 0.5) is 4.79 Å². The number of imide groups is 1. The number of methoxy groups -OCH3 is 2. The van der Waals surface area contributed by atoms with Gasteiger partial charge < -0.3 is 20.1 Å². The third-order valence-electron chi connectivity index (χ3n) is 4.14. The molecule has 1 saturated heterocycles. The van der Waals surface area contributed by atoms with Crippen molar-refractivity contribution in [2.45, 2.75) is 25.3 Å². The van der Waals surface area contributed by atoms with Crippen molar-refractivity contribution in [2.24, 2.45) is 0 Å². The number of hydrogen-bond donors (Lipinski definition) is 3. The van der Waals surface area contributed by atoms with Crippen LogP contribution in [0.5, 0.6) is 5.75 Å². The topological polar surface area (TPSA) is 109 Å². The summed E-state index contributed by atoms with van der Waals surface area (Å²) in [6.07, 6.45) is 0.739. The molecule has 0 spiro atoms. The highest BCUT2D eigenvalue weighted by Gasteiger charge is 2.49. The van der Waals surface area contributed by atoms with E-state index in [0.29, 0.717) is 24.3 Å². The van der Waals surface area contributed by atoms with Crippen molar-refractivity contribution >= 4 is 35.2 Å². The minimum Gasteiger partial charge on any atom is -0.497 e. The van der Waals surface area contributed by atoms with Crippen molar-refractivity contribution in [1.29, 1.82) is 0 Å². The average Bonchev–Trinajstić information content (AvgIpc) is 2.89. The van der Waals surface area contributed by atoms with Gasteiger partial charge in [-0.25, -0.2) is 4.79 Å². The number of esters is 1. The van der Waals surface area contributed by atoms with Crippen LogP contribution in [0.1, 0.15) is 25.3 Å². The first kappa shape index (κ1) is 20.4. The monoisotopic (exact) mass is 394 g/mol. The van der Waals surface area contributed by atoms with Crippen molar-refractivity contribution in [1.82, 2.24) is 21.1 Å². The maximum absolute atomic E-state index is 12.8. The highest BCUT2D eigenvalue weighted by Crippen LogP contribution is 2.29. The number of carbonyl (C=O) groups excluding carboxylic acids is 3. The van der Waals surface area contributed by atoms with Crippen molar-refractivity contribution in [3.05, 3.63) is 29.8 Å². The van der Waals surface area contributed by atoms with Crippen LogP contribution in [0.25, 0.3) is 0 Å². The minimum absolute atomic E-state index is 0.0994. The zero-order valence-electron chi connectivity index (χ0n) is 15.3. The van der Waals surface area contributed by atoms with Gasteiger partial charge in [0.15, 0.2) is 5.11 Å². The molecule has 1 fully saturated rings. The minimum atomic E-state index is -1.23.